The van der Waals surface area contributed by atoms with Crippen LogP contribution in [-0.4, -0.2) is 0 Å². The molecule has 0 aromatic heterocycles. The van der Waals surface area contributed by atoms with Gasteiger partial charge in [-0.3, -0.25) is 0 Å². The maximum Gasteiger partial charge on any atom is 0.0595 e. The van der Waals surface area contributed by atoms with Crippen LogP contribution >= 0.6 is 23.2 Å². The van der Waals surface area contributed by atoms with Crippen LogP contribution in [0.15, 0.2) is 18.2 Å². The molecule has 0 radical (unpaired) electrons. The van der Waals surface area contributed by atoms with E-state index in [1.54, 1.807) is 0 Å². The molecule has 1 aromatic rings. The molecule has 2 fully saturated rings. The van der Waals surface area contributed by atoms with E-state index in [1.807, 2.05) is 18.2 Å². The normalized spacial score (nSPS) is 31.6. The van der Waals surface area contributed by atoms with Crippen molar-refractivity contribution in [2.45, 2.75) is 51.0 Å². The van der Waals surface area contributed by atoms with Gasteiger partial charge in [0.1, 0.15) is 0 Å². The molecule has 0 bridgehead atoms. The van der Waals surface area contributed by atoms with Gasteiger partial charge in [0.25, 0.3) is 0 Å². The number of nitrogens with two attached hydrogens (primary N) is 1. The lowest BCUT2D eigenvalue weighted by Crippen LogP contribution is -2.33. The van der Waals surface area contributed by atoms with Gasteiger partial charge >= 0.3 is 0 Å². The van der Waals surface area contributed by atoms with Gasteiger partial charge < -0.3 is 5.73 Å². The summed E-state index contributed by atoms with van der Waals surface area (Å²) < 4.78 is 0. The fourth-order valence-electron chi connectivity index (χ4n) is 4.23. The third-order valence-electron chi connectivity index (χ3n) is 5.42. The maximum atomic E-state index is 6.51. The first-order valence-corrected chi connectivity index (χ1v) is 8.61. The van der Waals surface area contributed by atoms with Gasteiger partial charge in [0, 0.05) is 6.04 Å². The van der Waals surface area contributed by atoms with Crippen molar-refractivity contribution in [3.05, 3.63) is 33.8 Å². The minimum absolute atomic E-state index is 0.104. The van der Waals surface area contributed by atoms with Gasteiger partial charge in [-0.25, -0.2) is 0 Å². The summed E-state index contributed by atoms with van der Waals surface area (Å²) in [5, 5.41) is 1.23. The van der Waals surface area contributed by atoms with E-state index in [-0.39, 0.29) is 6.04 Å². The van der Waals surface area contributed by atoms with Crippen molar-refractivity contribution in [1.29, 1.82) is 0 Å². The smallest absolute Gasteiger partial charge is 0.0595 e. The number of hydrogen-bond acceptors (Lipinski definition) is 1. The van der Waals surface area contributed by atoms with Crippen LogP contribution in [0.3, 0.4) is 0 Å². The fourth-order valence-corrected chi connectivity index (χ4v) is 4.53. The van der Waals surface area contributed by atoms with E-state index in [1.165, 1.54) is 44.9 Å². The van der Waals surface area contributed by atoms with E-state index in [4.69, 9.17) is 28.9 Å². The van der Waals surface area contributed by atoms with E-state index >= 15 is 0 Å². The summed E-state index contributed by atoms with van der Waals surface area (Å²) in [6, 6.07) is 5.95. The highest BCUT2D eigenvalue weighted by atomic mass is 35.5. The molecule has 2 saturated carbocycles. The fraction of sp³-hybridized carbons (Fsp3) is 0.647. The summed E-state index contributed by atoms with van der Waals surface area (Å²) in [4.78, 5) is 0. The van der Waals surface area contributed by atoms with Gasteiger partial charge in [0.05, 0.1) is 10.0 Å². The Labute approximate surface area is 131 Å². The minimum atomic E-state index is 0.104. The zero-order chi connectivity index (χ0) is 14.1. The average Bonchev–Trinajstić information content (AvgIpc) is 2.49. The lowest BCUT2D eigenvalue weighted by Gasteiger charge is -2.41. The molecule has 0 spiro atoms. The number of halogens is 2. The van der Waals surface area contributed by atoms with Gasteiger partial charge in [-0.2, -0.15) is 0 Å². The SMILES string of the molecule is NC(c1ccc(Cl)c(Cl)c1)C1CCC2CCCCC2C1. The van der Waals surface area contributed by atoms with E-state index in [9.17, 15) is 0 Å². The van der Waals surface area contributed by atoms with Crippen molar-refractivity contribution in [3.63, 3.8) is 0 Å². The first-order valence-electron chi connectivity index (χ1n) is 7.85. The predicted molar refractivity (Wildman–Crippen MR) is 86.2 cm³/mol. The van der Waals surface area contributed by atoms with Gasteiger partial charge in [-0.15, -0.1) is 0 Å². The lowest BCUT2D eigenvalue weighted by molar-refractivity contribution is 0.117. The van der Waals surface area contributed by atoms with Crippen molar-refractivity contribution in [2.24, 2.45) is 23.5 Å². The van der Waals surface area contributed by atoms with E-state index < -0.39 is 0 Å². The number of hydrogen-bond donors (Lipinski definition) is 1. The highest BCUT2D eigenvalue weighted by Gasteiger charge is 2.34. The highest BCUT2D eigenvalue weighted by Crippen LogP contribution is 2.45. The summed E-state index contributed by atoms with van der Waals surface area (Å²) in [6.45, 7) is 0. The topological polar surface area (TPSA) is 26.0 Å². The van der Waals surface area contributed by atoms with Crippen LogP contribution in [0.1, 0.15) is 56.6 Å². The second kappa shape index (κ2) is 6.25. The van der Waals surface area contributed by atoms with Crippen LogP contribution in [0.2, 0.25) is 10.0 Å². The molecule has 20 heavy (non-hydrogen) atoms. The third-order valence-corrected chi connectivity index (χ3v) is 6.16. The average molecular weight is 312 g/mol. The molecule has 2 aliphatic carbocycles. The third kappa shape index (κ3) is 3.00. The molecule has 1 nitrogen and oxygen atoms in total. The molecular weight excluding hydrogens is 289 g/mol. The summed E-state index contributed by atoms with van der Waals surface area (Å²) >= 11 is 12.1. The Balaban J connectivity index is 1.70. The van der Waals surface area contributed by atoms with Gasteiger partial charge in [0.2, 0.25) is 0 Å². The van der Waals surface area contributed by atoms with Crippen LogP contribution < -0.4 is 5.73 Å². The molecule has 0 amide bonds. The Bertz CT molecular complexity index is 474. The molecule has 4 atom stereocenters. The predicted octanol–water partition coefficient (Wildman–Crippen LogP) is 5.60. The molecular formula is C17H23Cl2N. The van der Waals surface area contributed by atoms with Crippen molar-refractivity contribution >= 4 is 23.2 Å². The number of benzene rings is 1. The molecule has 110 valence electrons. The molecule has 1 aromatic carbocycles. The van der Waals surface area contributed by atoms with Crippen molar-refractivity contribution < 1.29 is 0 Å². The first-order chi connectivity index (χ1) is 9.65. The molecule has 3 heteroatoms. The molecule has 0 saturated heterocycles. The Morgan fingerprint density at radius 1 is 0.950 bits per heavy atom. The standard InChI is InChI=1S/C17H23Cl2N/c18-15-8-7-14(10-16(15)19)17(20)13-6-5-11-3-1-2-4-12(11)9-13/h7-8,10-13,17H,1-6,9,20H2. The Hall–Kier alpha value is -0.240. The van der Waals surface area contributed by atoms with Crippen LogP contribution in [0, 0.1) is 17.8 Å². The molecule has 2 aliphatic rings. The second-order valence-electron chi connectivity index (χ2n) is 6.58. The van der Waals surface area contributed by atoms with Crippen LogP contribution in [-0.2, 0) is 0 Å². The highest BCUT2D eigenvalue weighted by molar-refractivity contribution is 6.42. The maximum absolute atomic E-state index is 6.51. The van der Waals surface area contributed by atoms with Crippen molar-refractivity contribution in [1.82, 2.24) is 0 Å². The quantitative estimate of drug-likeness (QED) is 0.756. The number of fused-ring (bicyclic) bond motifs is 1. The summed E-state index contributed by atoms with van der Waals surface area (Å²) in [7, 11) is 0. The Morgan fingerprint density at radius 3 is 2.45 bits per heavy atom. The Kier molecular flexibility index (Phi) is 4.59. The zero-order valence-corrected chi connectivity index (χ0v) is 13.3. The molecule has 3 rings (SSSR count). The van der Waals surface area contributed by atoms with E-state index in [2.05, 4.69) is 0 Å². The zero-order valence-electron chi connectivity index (χ0n) is 11.8. The molecule has 4 unspecified atom stereocenters. The van der Waals surface area contributed by atoms with Crippen LogP contribution in [0.4, 0.5) is 0 Å². The van der Waals surface area contributed by atoms with Crippen LogP contribution in [0.25, 0.3) is 0 Å². The number of rotatable bonds is 2. The Morgan fingerprint density at radius 2 is 1.70 bits per heavy atom. The summed E-state index contributed by atoms with van der Waals surface area (Å²) in [5.74, 6) is 2.49. The lowest BCUT2D eigenvalue weighted by atomic mass is 9.65. The van der Waals surface area contributed by atoms with Gasteiger partial charge in [-0.1, -0.05) is 55.0 Å². The summed E-state index contributed by atoms with van der Waals surface area (Å²) in [6.07, 6.45) is 9.63. The largest absolute Gasteiger partial charge is 0.324 e. The molecule has 2 N–H and O–H groups in total. The van der Waals surface area contributed by atoms with Crippen molar-refractivity contribution in [2.75, 3.05) is 0 Å². The molecule has 0 heterocycles. The van der Waals surface area contributed by atoms with Gasteiger partial charge in [0.15, 0.2) is 0 Å². The molecule has 0 aliphatic heterocycles. The second-order valence-corrected chi connectivity index (χ2v) is 7.39. The monoisotopic (exact) mass is 311 g/mol. The van der Waals surface area contributed by atoms with Crippen LogP contribution in [0.5, 0.6) is 0 Å². The van der Waals surface area contributed by atoms with E-state index in [0.717, 1.165) is 17.4 Å². The van der Waals surface area contributed by atoms with Gasteiger partial charge in [-0.05, 0) is 54.7 Å². The van der Waals surface area contributed by atoms with E-state index in [0.29, 0.717) is 16.0 Å². The van der Waals surface area contributed by atoms with Crippen molar-refractivity contribution in [3.8, 4) is 0 Å². The summed E-state index contributed by atoms with van der Waals surface area (Å²) in [5.41, 5.74) is 7.65. The minimum Gasteiger partial charge on any atom is -0.324 e. The first kappa shape index (κ1) is 14.7.